The van der Waals surface area contributed by atoms with Gasteiger partial charge in [0.05, 0.1) is 0 Å². The summed E-state index contributed by atoms with van der Waals surface area (Å²) in [5.41, 5.74) is 7.87. The standard InChI is InChI=1S/C14H10ClN3O2/c15-9-4-5-18-11(7-9)17-12(13(18)14(19)20)8-2-1-3-10(16)6-8/h1-7H,16H2,(H,19,20). The summed E-state index contributed by atoms with van der Waals surface area (Å²) < 4.78 is 1.49. The molecule has 0 aliphatic carbocycles. The van der Waals surface area contributed by atoms with Crippen molar-refractivity contribution < 1.29 is 9.90 Å². The Kier molecular flexibility index (Phi) is 2.84. The molecule has 0 spiro atoms. The van der Waals surface area contributed by atoms with E-state index in [1.165, 1.54) is 4.40 Å². The van der Waals surface area contributed by atoms with Gasteiger partial charge in [-0.15, -0.1) is 0 Å². The van der Waals surface area contributed by atoms with Gasteiger partial charge in [-0.2, -0.15) is 0 Å². The maximum Gasteiger partial charge on any atom is 0.355 e. The van der Waals surface area contributed by atoms with Crippen molar-refractivity contribution >= 4 is 28.9 Å². The lowest BCUT2D eigenvalue weighted by Gasteiger charge is -2.01. The molecule has 0 unspecified atom stereocenters. The number of aromatic carboxylic acids is 1. The van der Waals surface area contributed by atoms with Gasteiger partial charge in [0.1, 0.15) is 11.3 Å². The van der Waals surface area contributed by atoms with Crippen LogP contribution >= 0.6 is 11.6 Å². The van der Waals surface area contributed by atoms with E-state index in [2.05, 4.69) is 4.98 Å². The first-order chi connectivity index (χ1) is 9.56. The van der Waals surface area contributed by atoms with E-state index in [9.17, 15) is 9.90 Å². The second-order valence-electron chi connectivity index (χ2n) is 4.31. The predicted octanol–water partition coefficient (Wildman–Crippen LogP) is 2.94. The van der Waals surface area contributed by atoms with E-state index in [0.29, 0.717) is 27.6 Å². The zero-order valence-corrected chi connectivity index (χ0v) is 11.0. The second-order valence-corrected chi connectivity index (χ2v) is 4.75. The summed E-state index contributed by atoms with van der Waals surface area (Å²) >= 11 is 5.91. The van der Waals surface area contributed by atoms with Gasteiger partial charge in [0.15, 0.2) is 5.69 Å². The average Bonchev–Trinajstić information content (AvgIpc) is 2.77. The third-order valence-corrected chi connectivity index (χ3v) is 3.19. The van der Waals surface area contributed by atoms with Crippen LogP contribution in [0.15, 0.2) is 42.6 Å². The van der Waals surface area contributed by atoms with Gasteiger partial charge < -0.3 is 10.8 Å². The maximum atomic E-state index is 11.5. The van der Waals surface area contributed by atoms with Crippen molar-refractivity contribution in [3.05, 3.63) is 53.3 Å². The lowest BCUT2D eigenvalue weighted by Crippen LogP contribution is -2.03. The zero-order valence-electron chi connectivity index (χ0n) is 10.2. The Morgan fingerprint density at radius 2 is 2.10 bits per heavy atom. The number of hydrogen-bond donors (Lipinski definition) is 2. The number of fused-ring (bicyclic) bond motifs is 1. The van der Waals surface area contributed by atoms with Crippen LogP contribution in [0.3, 0.4) is 0 Å². The minimum Gasteiger partial charge on any atom is -0.476 e. The number of aromatic nitrogens is 2. The minimum atomic E-state index is -1.06. The van der Waals surface area contributed by atoms with Crippen molar-refractivity contribution in [3.63, 3.8) is 0 Å². The van der Waals surface area contributed by atoms with Gasteiger partial charge >= 0.3 is 5.97 Å². The molecule has 0 aliphatic rings. The molecule has 0 radical (unpaired) electrons. The number of nitrogens with zero attached hydrogens (tertiary/aromatic N) is 2. The van der Waals surface area contributed by atoms with Gasteiger partial charge in [-0.25, -0.2) is 9.78 Å². The number of nitrogens with two attached hydrogens (primary N) is 1. The van der Waals surface area contributed by atoms with Crippen LogP contribution in [0.4, 0.5) is 5.69 Å². The highest BCUT2D eigenvalue weighted by Crippen LogP contribution is 2.27. The molecule has 1 aromatic carbocycles. The number of hydrogen-bond acceptors (Lipinski definition) is 3. The average molecular weight is 288 g/mol. The first-order valence-electron chi connectivity index (χ1n) is 5.83. The van der Waals surface area contributed by atoms with Crippen LogP contribution in [0, 0.1) is 0 Å². The molecule has 3 aromatic rings. The van der Waals surface area contributed by atoms with E-state index in [0.717, 1.165) is 0 Å². The molecule has 6 heteroatoms. The van der Waals surface area contributed by atoms with Crippen LogP contribution in [0.25, 0.3) is 16.9 Å². The van der Waals surface area contributed by atoms with Gasteiger partial charge in [0.2, 0.25) is 0 Å². The molecule has 2 heterocycles. The Morgan fingerprint density at radius 3 is 2.80 bits per heavy atom. The third-order valence-electron chi connectivity index (χ3n) is 2.95. The number of pyridine rings is 1. The zero-order chi connectivity index (χ0) is 14.3. The summed E-state index contributed by atoms with van der Waals surface area (Å²) in [5, 5.41) is 9.93. The van der Waals surface area contributed by atoms with Gasteiger partial charge in [-0.3, -0.25) is 4.40 Å². The Balaban J connectivity index is 2.35. The molecule has 0 aliphatic heterocycles. The van der Waals surface area contributed by atoms with E-state index in [1.807, 2.05) is 0 Å². The monoisotopic (exact) mass is 287 g/mol. The number of anilines is 1. The highest BCUT2D eigenvalue weighted by Gasteiger charge is 2.20. The minimum absolute atomic E-state index is 0.0854. The summed E-state index contributed by atoms with van der Waals surface area (Å²) in [6, 6.07) is 10.2. The molecule has 5 nitrogen and oxygen atoms in total. The molecule has 100 valence electrons. The van der Waals surface area contributed by atoms with E-state index in [-0.39, 0.29) is 5.69 Å². The molecule has 0 amide bonds. The first-order valence-corrected chi connectivity index (χ1v) is 6.21. The van der Waals surface area contributed by atoms with Gasteiger partial charge in [-0.1, -0.05) is 23.7 Å². The van der Waals surface area contributed by atoms with Gasteiger partial charge in [0.25, 0.3) is 0 Å². The number of rotatable bonds is 2. The molecular weight excluding hydrogens is 278 g/mol. The van der Waals surface area contributed by atoms with Crippen molar-refractivity contribution in [3.8, 4) is 11.3 Å². The molecule has 0 saturated carbocycles. The highest BCUT2D eigenvalue weighted by atomic mass is 35.5. The molecule has 3 rings (SSSR count). The molecule has 0 fully saturated rings. The van der Waals surface area contributed by atoms with Crippen molar-refractivity contribution in [2.45, 2.75) is 0 Å². The van der Waals surface area contributed by atoms with E-state index < -0.39 is 5.97 Å². The van der Waals surface area contributed by atoms with Gasteiger partial charge in [-0.05, 0) is 18.2 Å². The largest absolute Gasteiger partial charge is 0.476 e. The number of halogens is 1. The smallest absolute Gasteiger partial charge is 0.355 e. The molecule has 0 saturated heterocycles. The summed E-state index contributed by atoms with van der Waals surface area (Å²) in [7, 11) is 0. The molecule has 20 heavy (non-hydrogen) atoms. The van der Waals surface area contributed by atoms with E-state index >= 15 is 0 Å². The number of nitrogen functional groups attached to an aromatic ring is 1. The van der Waals surface area contributed by atoms with E-state index in [1.54, 1.807) is 42.6 Å². The summed E-state index contributed by atoms with van der Waals surface area (Å²) in [5.74, 6) is -1.06. The normalized spacial score (nSPS) is 10.8. The Morgan fingerprint density at radius 1 is 1.30 bits per heavy atom. The number of imidazole rings is 1. The van der Waals surface area contributed by atoms with Crippen LogP contribution in [0.2, 0.25) is 5.02 Å². The number of carboxylic acids is 1. The highest BCUT2D eigenvalue weighted by molar-refractivity contribution is 6.30. The Bertz CT molecular complexity index is 826. The van der Waals surface area contributed by atoms with E-state index in [4.69, 9.17) is 17.3 Å². The Labute approximate surface area is 119 Å². The lowest BCUT2D eigenvalue weighted by atomic mass is 10.1. The Hall–Kier alpha value is -2.53. The fourth-order valence-electron chi connectivity index (χ4n) is 2.11. The molecule has 0 atom stereocenters. The molecule has 3 N–H and O–H groups in total. The predicted molar refractivity (Wildman–Crippen MR) is 77.0 cm³/mol. The first kappa shape index (κ1) is 12.5. The SMILES string of the molecule is Nc1cccc(-c2nc3cc(Cl)ccn3c2C(=O)O)c1. The number of benzene rings is 1. The number of carbonyl (C=O) groups is 1. The maximum absolute atomic E-state index is 11.5. The summed E-state index contributed by atoms with van der Waals surface area (Å²) in [6.45, 7) is 0. The lowest BCUT2D eigenvalue weighted by molar-refractivity contribution is 0.0690. The van der Waals surface area contributed by atoms with Crippen LogP contribution in [0.5, 0.6) is 0 Å². The molecular formula is C14H10ClN3O2. The quantitative estimate of drug-likeness (QED) is 0.710. The number of carboxylic acid groups (broad SMARTS) is 1. The molecule has 0 bridgehead atoms. The van der Waals surface area contributed by atoms with Crippen molar-refractivity contribution in [2.75, 3.05) is 5.73 Å². The summed E-state index contributed by atoms with van der Waals surface area (Å²) in [4.78, 5) is 15.9. The second kappa shape index (κ2) is 4.54. The topological polar surface area (TPSA) is 80.6 Å². The van der Waals surface area contributed by atoms with Crippen molar-refractivity contribution in [1.82, 2.24) is 9.38 Å². The van der Waals surface area contributed by atoms with Crippen LogP contribution in [-0.4, -0.2) is 20.5 Å². The molecule has 2 aromatic heterocycles. The summed E-state index contributed by atoms with van der Waals surface area (Å²) in [6.07, 6.45) is 1.59. The van der Waals surface area contributed by atoms with Crippen LogP contribution in [-0.2, 0) is 0 Å². The van der Waals surface area contributed by atoms with Crippen LogP contribution < -0.4 is 5.73 Å². The van der Waals surface area contributed by atoms with Crippen molar-refractivity contribution in [1.29, 1.82) is 0 Å². The van der Waals surface area contributed by atoms with Gasteiger partial charge in [0, 0.05) is 28.5 Å². The fourth-order valence-corrected chi connectivity index (χ4v) is 2.27. The van der Waals surface area contributed by atoms with Crippen molar-refractivity contribution in [2.24, 2.45) is 0 Å². The van der Waals surface area contributed by atoms with Crippen LogP contribution in [0.1, 0.15) is 10.5 Å². The third kappa shape index (κ3) is 1.98. The fraction of sp³-hybridized carbons (Fsp3) is 0.